The molecule has 1 aromatic heterocycles. The summed E-state index contributed by atoms with van der Waals surface area (Å²) >= 11 is 0. The number of pyridine rings is 1. The normalized spacial score (nSPS) is 17.4. The molecular formula is C30H39N5O7. The summed E-state index contributed by atoms with van der Waals surface area (Å²) in [6, 6.07) is 11.6. The largest absolute Gasteiger partial charge is 0.489 e. The number of unbranched alkanes of at least 4 members (excludes halogenated alkanes) is 1. The molecule has 3 heterocycles. The van der Waals surface area contributed by atoms with E-state index in [4.69, 9.17) is 9.47 Å². The lowest BCUT2D eigenvalue weighted by atomic mass is 10.1. The quantitative estimate of drug-likeness (QED) is 0.321. The van der Waals surface area contributed by atoms with Gasteiger partial charge in [-0.1, -0.05) is 43.7 Å². The molecule has 2 aliphatic rings. The monoisotopic (exact) mass is 581 g/mol. The Kier molecular flexibility index (Phi) is 11.1. The predicted octanol–water partition coefficient (Wildman–Crippen LogP) is 2.53. The number of carbonyl (C=O) groups excluding carboxylic acids is 3. The molecule has 42 heavy (non-hydrogen) atoms. The Morgan fingerprint density at radius 2 is 1.83 bits per heavy atom. The highest BCUT2D eigenvalue weighted by molar-refractivity contribution is 5.97. The number of hydrogen-bond acceptors (Lipinski definition) is 8. The van der Waals surface area contributed by atoms with E-state index in [2.05, 4.69) is 15.6 Å². The van der Waals surface area contributed by atoms with E-state index in [1.54, 1.807) is 17.0 Å². The van der Waals surface area contributed by atoms with Crippen LogP contribution in [-0.4, -0.2) is 102 Å². The number of rotatable bonds is 12. The van der Waals surface area contributed by atoms with Gasteiger partial charge < -0.3 is 35.0 Å². The number of ether oxygens (including phenoxy) is 2. The number of aromatic nitrogens is 1. The van der Waals surface area contributed by atoms with E-state index in [-0.39, 0.29) is 50.8 Å². The van der Waals surface area contributed by atoms with Crippen LogP contribution in [0.2, 0.25) is 0 Å². The minimum atomic E-state index is -1.08. The zero-order chi connectivity index (χ0) is 29.9. The number of carboxylic acid groups (broad SMARTS) is 1. The van der Waals surface area contributed by atoms with Crippen molar-refractivity contribution in [3.63, 3.8) is 0 Å². The SMILES string of the molecule is CCCCOC(=O)N1CCN(C(=O)[C@H](CCC(=O)O)NC(=O)c2cc(OC3CCNC3)cc(-c3ccccc3)n2)CC1. The molecule has 12 heteroatoms. The molecule has 2 saturated heterocycles. The van der Waals surface area contributed by atoms with Crippen molar-refractivity contribution < 1.29 is 33.8 Å². The van der Waals surface area contributed by atoms with Crippen LogP contribution in [0.25, 0.3) is 11.3 Å². The summed E-state index contributed by atoms with van der Waals surface area (Å²) in [6.07, 6.45) is 1.68. The van der Waals surface area contributed by atoms with E-state index in [0.29, 0.717) is 24.6 Å². The van der Waals surface area contributed by atoms with E-state index in [1.165, 1.54) is 4.90 Å². The maximum absolute atomic E-state index is 13.5. The molecule has 0 aliphatic carbocycles. The molecule has 2 atom stereocenters. The predicted molar refractivity (Wildman–Crippen MR) is 154 cm³/mol. The molecule has 2 aromatic rings. The van der Waals surface area contributed by atoms with Crippen molar-refractivity contribution in [2.45, 2.75) is 51.2 Å². The molecule has 0 spiro atoms. The van der Waals surface area contributed by atoms with Gasteiger partial charge in [0.15, 0.2) is 0 Å². The molecule has 2 aliphatic heterocycles. The first-order valence-corrected chi connectivity index (χ1v) is 14.5. The Balaban J connectivity index is 1.47. The van der Waals surface area contributed by atoms with Crippen LogP contribution < -0.4 is 15.4 Å². The van der Waals surface area contributed by atoms with Gasteiger partial charge in [0.05, 0.1) is 12.3 Å². The maximum Gasteiger partial charge on any atom is 0.409 e. The number of amides is 3. The molecule has 3 N–H and O–H groups in total. The Bertz CT molecular complexity index is 1230. The lowest BCUT2D eigenvalue weighted by Gasteiger charge is -2.36. The van der Waals surface area contributed by atoms with Crippen molar-refractivity contribution >= 4 is 23.9 Å². The number of nitrogens with zero attached hydrogens (tertiary/aromatic N) is 3. The van der Waals surface area contributed by atoms with Crippen LogP contribution in [0.15, 0.2) is 42.5 Å². The van der Waals surface area contributed by atoms with E-state index in [9.17, 15) is 24.3 Å². The Morgan fingerprint density at radius 3 is 2.50 bits per heavy atom. The fourth-order valence-electron chi connectivity index (χ4n) is 4.85. The Labute approximate surface area is 245 Å². The molecule has 226 valence electrons. The second-order valence-corrected chi connectivity index (χ2v) is 10.4. The molecule has 0 radical (unpaired) electrons. The van der Waals surface area contributed by atoms with Gasteiger partial charge >= 0.3 is 12.1 Å². The molecule has 12 nitrogen and oxygen atoms in total. The average molecular weight is 582 g/mol. The van der Waals surface area contributed by atoms with Gasteiger partial charge in [-0.15, -0.1) is 0 Å². The first kappa shape index (κ1) is 30.8. The Hall–Kier alpha value is -4.19. The van der Waals surface area contributed by atoms with Crippen LogP contribution >= 0.6 is 0 Å². The third-order valence-electron chi connectivity index (χ3n) is 7.24. The van der Waals surface area contributed by atoms with Crippen LogP contribution in [0.4, 0.5) is 4.79 Å². The zero-order valence-corrected chi connectivity index (χ0v) is 23.9. The second kappa shape index (κ2) is 15.2. The molecule has 1 aromatic carbocycles. The highest BCUT2D eigenvalue weighted by Gasteiger charge is 2.31. The van der Waals surface area contributed by atoms with Crippen LogP contribution in [0.5, 0.6) is 5.75 Å². The van der Waals surface area contributed by atoms with Crippen molar-refractivity contribution in [1.82, 2.24) is 25.4 Å². The fraction of sp³-hybridized carbons (Fsp3) is 0.500. The van der Waals surface area contributed by atoms with E-state index >= 15 is 0 Å². The average Bonchev–Trinajstić information content (AvgIpc) is 3.52. The lowest BCUT2D eigenvalue weighted by molar-refractivity contribution is -0.138. The van der Waals surface area contributed by atoms with Gasteiger partial charge in [-0.3, -0.25) is 14.4 Å². The molecule has 3 amide bonds. The Morgan fingerprint density at radius 1 is 1.10 bits per heavy atom. The minimum Gasteiger partial charge on any atom is -0.489 e. The number of benzene rings is 1. The smallest absolute Gasteiger partial charge is 0.409 e. The topological polar surface area (TPSA) is 150 Å². The summed E-state index contributed by atoms with van der Waals surface area (Å²) in [5, 5.41) is 15.3. The van der Waals surface area contributed by atoms with Crippen LogP contribution in [0.1, 0.15) is 49.5 Å². The van der Waals surface area contributed by atoms with E-state index in [0.717, 1.165) is 31.4 Å². The van der Waals surface area contributed by atoms with E-state index in [1.807, 2.05) is 37.3 Å². The van der Waals surface area contributed by atoms with Gasteiger partial charge in [0.2, 0.25) is 5.91 Å². The first-order chi connectivity index (χ1) is 20.3. The standard InChI is InChI=1S/C30H39N5O7/c1-2-3-17-41-30(40)35-15-13-34(14-16-35)29(39)24(9-10-27(36)37)33-28(38)26-19-23(42-22-11-12-31-20-22)18-25(32-26)21-7-5-4-6-8-21/h4-8,18-19,22,24,31H,2-3,9-17,20H2,1H3,(H,33,38)(H,36,37)/t22?,24-/m0/s1. The number of piperazine rings is 1. The molecule has 2 fully saturated rings. The minimum absolute atomic E-state index is 0.0422. The van der Waals surface area contributed by atoms with Gasteiger partial charge in [-0.25, -0.2) is 9.78 Å². The second-order valence-electron chi connectivity index (χ2n) is 10.4. The highest BCUT2D eigenvalue weighted by atomic mass is 16.6. The third kappa shape index (κ3) is 8.65. The van der Waals surface area contributed by atoms with Crippen LogP contribution in [-0.2, 0) is 14.3 Å². The first-order valence-electron chi connectivity index (χ1n) is 14.5. The summed E-state index contributed by atoms with van der Waals surface area (Å²) in [7, 11) is 0. The molecule has 0 saturated carbocycles. The number of nitrogens with one attached hydrogen (secondary N) is 2. The van der Waals surface area contributed by atoms with Crippen molar-refractivity contribution in [2.75, 3.05) is 45.9 Å². The lowest BCUT2D eigenvalue weighted by Crippen LogP contribution is -2.56. The molecule has 1 unspecified atom stereocenters. The molecule has 4 rings (SSSR count). The molecular weight excluding hydrogens is 542 g/mol. The number of carboxylic acids is 1. The van der Waals surface area contributed by atoms with Gasteiger partial charge in [0.1, 0.15) is 23.6 Å². The van der Waals surface area contributed by atoms with Gasteiger partial charge in [-0.2, -0.15) is 0 Å². The molecule has 0 bridgehead atoms. The van der Waals surface area contributed by atoms with E-state index < -0.39 is 29.9 Å². The van der Waals surface area contributed by atoms with Crippen molar-refractivity contribution in [3.8, 4) is 17.0 Å². The summed E-state index contributed by atoms with van der Waals surface area (Å²) in [6.45, 7) is 4.96. The maximum atomic E-state index is 13.5. The summed E-state index contributed by atoms with van der Waals surface area (Å²) in [4.78, 5) is 58.3. The van der Waals surface area contributed by atoms with Crippen molar-refractivity contribution in [3.05, 3.63) is 48.2 Å². The zero-order valence-electron chi connectivity index (χ0n) is 23.9. The number of carbonyl (C=O) groups is 4. The van der Waals surface area contributed by atoms with Crippen molar-refractivity contribution in [2.24, 2.45) is 0 Å². The van der Waals surface area contributed by atoms with Crippen molar-refractivity contribution in [1.29, 1.82) is 0 Å². The van der Waals surface area contributed by atoms with Crippen LogP contribution in [0, 0.1) is 0 Å². The number of aliphatic carboxylic acids is 1. The third-order valence-corrected chi connectivity index (χ3v) is 7.24. The highest BCUT2D eigenvalue weighted by Crippen LogP contribution is 2.25. The summed E-state index contributed by atoms with van der Waals surface area (Å²) in [5.74, 6) is -1.61. The van der Waals surface area contributed by atoms with Gasteiger partial charge in [0.25, 0.3) is 5.91 Å². The number of hydrogen-bond donors (Lipinski definition) is 3. The van der Waals surface area contributed by atoms with Gasteiger partial charge in [-0.05, 0) is 25.8 Å². The summed E-state index contributed by atoms with van der Waals surface area (Å²) in [5.41, 5.74) is 1.40. The summed E-state index contributed by atoms with van der Waals surface area (Å²) < 4.78 is 11.4. The van der Waals surface area contributed by atoms with Crippen LogP contribution in [0.3, 0.4) is 0 Å². The fourth-order valence-corrected chi connectivity index (χ4v) is 4.85. The van der Waals surface area contributed by atoms with Gasteiger partial charge in [0, 0.05) is 56.8 Å².